The molecule has 466 valence electrons. The molecule has 1 aliphatic rings. The monoisotopic (exact) mass is 1270 g/mol. The molecule has 1 aliphatic heterocycles. The minimum atomic E-state index is -0.372. The van der Waals surface area contributed by atoms with Gasteiger partial charge < -0.3 is 5.32 Å². The van der Waals surface area contributed by atoms with E-state index in [1.807, 2.05) is 97.1 Å². The van der Waals surface area contributed by atoms with Gasteiger partial charge in [0, 0.05) is 27.8 Å². The van der Waals surface area contributed by atoms with Crippen LogP contribution < -0.4 is 5.32 Å². The Bertz CT molecular complexity index is 5940. The molecule has 100 heavy (non-hydrogen) atoms. The van der Waals surface area contributed by atoms with E-state index in [1.54, 1.807) is 0 Å². The van der Waals surface area contributed by atoms with Crippen LogP contribution in [0.25, 0.3) is 144 Å². The van der Waals surface area contributed by atoms with E-state index in [0.29, 0.717) is 34.4 Å². The summed E-state index contributed by atoms with van der Waals surface area (Å²) >= 11 is 0. The number of hydrogen-bond acceptors (Lipinski definition) is 8. The molecule has 0 saturated carbocycles. The molecule has 1 aromatic heterocycles. The Kier molecular flexibility index (Phi) is 15.6. The summed E-state index contributed by atoms with van der Waals surface area (Å²) in [5.74, 6) is 3.14. The van der Waals surface area contributed by atoms with Crippen LogP contribution in [0.5, 0.6) is 0 Å². The van der Waals surface area contributed by atoms with E-state index in [2.05, 4.69) is 260 Å². The lowest BCUT2D eigenvalue weighted by molar-refractivity contribution is 0.674. The number of fused-ring (bicyclic) bond motifs is 3. The predicted molar refractivity (Wildman–Crippen MR) is 408 cm³/mol. The van der Waals surface area contributed by atoms with Crippen LogP contribution in [0, 0.1) is 22.7 Å². The molecule has 17 rings (SSSR count). The average Bonchev–Trinajstić information content (AvgIpc) is 0.761. The van der Waals surface area contributed by atoms with E-state index in [0.717, 1.165) is 139 Å². The van der Waals surface area contributed by atoms with Crippen molar-refractivity contribution in [3.63, 3.8) is 0 Å². The number of benzene rings is 15. The van der Waals surface area contributed by atoms with Gasteiger partial charge in [-0.05, 0) is 140 Å². The number of rotatable bonds is 13. The van der Waals surface area contributed by atoms with Crippen molar-refractivity contribution in [2.24, 2.45) is 9.98 Å². The van der Waals surface area contributed by atoms with Gasteiger partial charge in [0.15, 0.2) is 23.3 Å². The van der Waals surface area contributed by atoms with Crippen molar-refractivity contribution in [2.45, 2.75) is 6.17 Å². The second-order valence-electron chi connectivity index (χ2n) is 24.9. The Balaban J connectivity index is 0.635. The van der Waals surface area contributed by atoms with Gasteiger partial charge in [-0.15, -0.1) is 0 Å². The highest BCUT2D eigenvalue weighted by Crippen LogP contribution is 2.44. The summed E-state index contributed by atoms with van der Waals surface area (Å²) in [6.07, 6.45) is -0.372. The molecular weight excluding hydrogens is 1220 g/mol. The molecule has 15 aromatic carbocycles. The van der Waals surface area contributed by atoms with Crippen LogP contribution in [0.15, 0.2) is 350 Å². The zero-order chi connectivity index (χ0) is 66.9. The number of nitriles is 2. The lowest BCUT2D eigenvalue weighted by Gasteiger charge is -2.24. The fourth-order valence-corrected chi connectivity index (χ4v) is 13.8. The smallest absolute Gasteiger partial charge is 0.164 e. The molecule has 0 aliphatic carbocycles. The molecule has 0 amide bonds. The number of hydrogen-bond donors (Lipinski definition) is 1. The fourth-order valence-electron chi connectivity index (χ4n) is 13.8. The fraction of sp³-hybridized carbons (Fsp3) is 0.0109. The molecule has 1 unspecified atom stereocenters. The van der Waals surface area contributed by atoms with Crippen molar-refractivity contribution in [2.75, 3.05) is 0 Å². The molecule has 0 bridgehead atoms. The predicted octanol–water partition coefficient (Wildman–Crippen LogP) is 22.2. The number of amidine groups is 2. The maximum atomic E-state index is 9.52. The maximum Gasteiger partial charge on any atom is 0.164 e. The maximum absolute atomic E-state index is 9.52. The highest BCUT2D eigenvalue weighted by atomic mass is 15.2. The van der Waals surface area contributed by atoms with E-state index < -0.39 is 0 Å². The van der Waals surface area contributed by atoms with Crippen molar-refractivity contribution < 1.29 is 0 Å². The molecule has 1 atom stereocenters. The molecule has 0 saturated heterocycles. The standard InChI is InChI=1S/C92H58N8/c93-57-59-23-27-66(28-24-59)76-53-54-77(81-20-10-9-19-80(76)81)68-39-31-61(32-40-68)62-33-43-72(44-34-62)89-95-87(70-14-3-1-4-15-70)96-90(99-89)73-45-35-63(36-46-73)64-37-47-74(48-38-64)91-97-88(71-16-5-2-6-17-71)98-92(100-91)75-49-41-69(42-50-75)86-79-18-8-7-13-65(79)51-52-85(86)84-56-55-78(82-21-11-12-22-83(82)84)67-29-25-60(58-94)26-30-67/h1-56,88H,(H,97,98,100). The van der Waals surface area contributed by atoms with E-state index in [4.69, 9.17) is 24.9 Å². The van der Waals surface area contributed by atoms with Crippen LogP contribution >= 0.6 is 0 Å². The largest absolute Gasteiger partial charge is 0.344 e. The van der Waals surface area contributed by atoms with Gasteiger partial charge in [0.2, 0.25) is 0 Å². The summed E-state index contributed by atoms with van der Waals surface area (Å²) in [4.78, 5) is 25.8. The highest BCUT2D eigenvalue weighted by molar-refractivity contribution is 6.15. The average molecular weight is 1280 g/mol. The van der Waals surface area contributed by atoms with Crippen LogP contribution in [0.4, 0.5) is 0 Å². The van der Waals surface area contributed by atoms with Gasteiger partial charge >= 0.3 is 0 Å². The van der Waals surface area contributed by atoms with E-state index in [9.17, 15) is 10.5 Å². The first kappa shape index (κ1) is 59.9. The first-order chi connectivity index (χ1) is 49.4. The first-order valence-electron chi connectivity index (χ1n) is 33.3. The molecule has 0 spiro atoms. The molecule has 1 N–H and O–H groups in total. The lowest BCUT2D eigenvalue weighted by atomic mass is 9.86. The van der Waals surface area contributed by atoms with Crippen molar-refractivity contribution in [1.82, 2.24) is 20.3 Å². The molecule has 8 heteroatoms. The summed E-state index contributed by atoms with van der Waals surface area (Å²) in [7, 11) is 0. The molecule has 8 nitrogen and oxygen atoms in total. The first-order valence-corrected chi connectivity index (χ1v) is 33.3. The summed E-state index contributed by atoms with van der Waals surface area (Å²) < 4.78 is 0. The third-order valence-corrected chi connectivity index (χ3v) is 19.0. The zero-order valence-electron chi connectivity index (χ0n) is 54.0. The molecule has 16 aromatic rings. The second kappa shape index (κ2) is 26.1. The van der Waals surface area contributed by atoms with Gasteiger partial charge in [-0.25, -0.2) is 24.9 Å². The SMILES string of the molecule is N#Cc1ccc(-c2ccc(-c3ccc(-c4ccc(-c5nc(-c6ccccc6)nc(-c6ccc(-c7ccc(C8=NC(c9ccc(-c%10c(-c%11ccc(-c%12ccc(C#N)cc%12)c%12ccccc%11%12)ccc%11ccccc%10%11)cc9)=NC(c9ccccc9)N8)cc7)cc6)n5)cc4)cc3)c3ccccc23)cc1. The Morgan fingerprint density at radius 2 is 0.600 bits per heavy atom. The van der Waals surface area contributed by atoms with Gasteiger partial charge in [0.1, 0.15) is 12.0 Å². The number of nitrogens with zero attached hydrogens (tertiary/aromatic N) is 7. The Morgan fingerprint density at radius 1 is 0.260 bits per heavy atom. The third kappa shape index (κ3) is 11.6. The van der Waals surface area contributed by atoms with Gasteiger partial charge in [-0.1, -0.05) is 315 Å². The molecule has 0 radical (unpaired) electrons. The molecular formula is C92H58N8. The van der Waals surface area contributed by atoms with Crippen molar-refractivity contribution in [1.29, 1.82) is 10.5 Å². The number of aromatic nitrogens is 3. The van der Waals surface area contributed by atoms with E-state index in [-0.39, 0.29) is 6.17 Å². The van der Waals surface area contributed by atoms with Crippen LogP contribution in [0.1, 0.15) is 34.0 Å². The Labute approximate surface area is 579 Å². The van der Waals surface area contributed by atoms with Crippen molar-refractivity contribution in [3.8, 4) is 124 Å². The van der Waals surface area contributed by atoms with Crippen LogP contribution in [0.3, 0.4) is 0 Å². The summed E-state index contributed by atoms with van der Waals surface area (Å²) in [6, 6.07) is 122. The van der Waals surface area contributed by atoms with Crippen LogP contribution in [-0.4, -0.2) is 26.6 Å². The second-order valence-corrected chi connectivity index (χ2v) is 24.9. The minimum Gasteiger partial charge on any atom is -0.344 e. The topological polar surface area (TPSA) is 123 Å². The number of aliphatic imine (C=N–C) groups is 2. The molecule has 0 fully saturated rings. The summed E-state index contributed by atoms with van der Waals surface area (Å²) in [5.41, 5.74) is 22.4. The van der Waals surface area contributed by atoms with Crippen LogP contribution in [-0.2, 0) is 0 Å². The normalized spacial score (nSPS) is 12.7. The summed E-state index contributed by atoms with van der Waals surface area (Å²) in [5, 5.41) is 29.5. The minimum absolute atomic E-state index is 0.372. The van der Waals surface area contributed by atoms with Crippen molar-refractivity contribution >= 4 is 44.0 Å². The van der Waals surface area contributed by atoms with E-state index >= 15 is 0 Å². The third-order valence-electron chi connectivity index (χ3n) is 19.0. The lowest BCUT2D eigenvalue weighted by Crippen LogP contribution is -2.33. The summed E-state index contributed by atoms with van der Waals surface area (Å²) in [6.45, 7) is 0. The Hall–Kier alpha value is -13.8. The highest BCUT2D eigenvalue weighted by Gasteiger charge is 2.23. The Morgan fingerprint density at radius 3 is 1.07 bits per heavy atom. The van der Waals surface area contributed by atoms with Gasteiger partial charge in [0.25, 0.3) is 0 Å². The van der Waals surface area contributed by atoms with Crippen LogP contribution in [0.2, 0.25) is 0 Å². The van der Waals surface area contributed by atoms with E-state index in [1.165, 1.54) is 10.8 Å². The van der Waals surface area contributed by atoms with Gasteiger partial charge in [-0.3, -0.25) is 0 Å². The zero-order valence-corrected chi connectivity index (χ0v) is 54.0. The quantitative estimate of drug-likeness (QED) is 0.123. The van der Waals surface area contributed by atoms with Gasteiger partial charge in [-0.2, -0.15) is 10.5 Å². The molecule has 2 heterocycles. The van der Waals surface area contributed by atoms with Crippen molar-refractivity contribution in [3.05, 3.63) is 368 Å². The number of nitrogens with one attached hydrogen (secondary N) is 1. The van der Waals surface area contributed by atoms with Gasteiger partial charge in [0.05, 0.1) is 23.3 Å².